The number of anilines is 2. The Kier molecular flexibility index (Phi) is 3.10. The van der Waals surface area contributed by atoms with E-state index in [-0.39, 0.29) is 16.9 Å². The van der Waals surface area contributed by atoms with Gasteiger partial charge in [-0.15, -0.1) is 0 Å². The summed E-state index contributed by atoms with van der Waals surface area (Å²) >= 11 is 5.58. The normalized spacial score (nSPS) is 9.94. The van der Waals surface area contributed by atoms with Crippen LogP contribution in [0.1, 0.15) is 0 Å². The molecule has 8 heteroatoms. The molecule has 2 rings (SSSR count). The van der Waals surface area contributed by atoms with E-state index < -0.39 is 4.92 Å². The van der Waals surface area contributed by atoms with Crippen molar-refractivity contribution in [3.63, 3.8) is 0 Å². The van der Waals surface area contributed by atoms with Gasteiger partial charge >= 0.3 is 0 Å². The van der Waals surface area contributed by atoms with Gasteiger partial charge in [0.25, 0.3) is 5.69 Å². The molecule has 86 valence electrons. The van der Waals surface area contributed by atoms with Gasteiger partial charge in [-0.2, -0.15) is 4.98 Å². The lowest BCUT2D eigenvalue weighted by molar-refractivity contribution is -0.384. The third-order valence-corrected chi connectivity index (χ3v) is 2.04. The largest absolute Gasteiger partial charge is 0.324 e. The molecule has 0 aliphatic carbocycles. The summed E-state index contributed by atoms with van der Waals surface area (Å²) in [6, 6.07) is 5.98. The first-order valence-electron chi connectivity index (χ1n) is 4.51. The Balaban J connectivity index is 2.24. The third-order valence-electron chi connectivity index (χ3n) is 1.86. The minimum Gasteiger partial charge on any atom is -0.324 e. The second-order valence-electron chi connectivity index (χ2n) is 3.01. The molecule has 0 unspecified atom stereocenters. The second-order valence-corrected chi connectivity index (χ2v) is 3.35. The van der Waals surface area contributed by atoms with Gasteiger partial charge in [0, 0.05) is 17.8 Å². The van der Waals surface area contributed by atoms with Crippen molar-refractivity contribution in [1.29, 1.82) is 0 Å². The Bertz CT molecular complexity index is 563. The van der Waals surface area contributed by atoms with Gasteiger partial charge in [-0.1, -0.05) is 6.07 Å². The Labute approximate surface area is 101 Å². The maximum atomic E-state index is 10.6. The summed E-state index contributed by atoms with van der Waals surface area (Å²) in [6.45, 7) is 0. The first-order chi connectivity index (χ1) is 8.15. The Morgan fingerprint density at radius 1 is 1.35 bits per heavy atom. The highest BCUT2D eigenvalue weighted by atomic mass is 35.5. The third kappa shape index (κ3) is 2.85. The lowest BCUT2D eigenvalue weighted by Crippen LogP contribution is -1.98. The molecule has 0 aliphatic rings. The van der Waals surface area contributed by atoms with E-state index in [1.54, 1.807) is 12.1 Å². The van der Waals surface area contributed by atoms with Crippen molar-refractivity contribution in [3.8, 4) is 0 Å². The van der Waals surface area contributed by atoms with E-state index >= 15 is 0 Å². The van der Waals surface area contributed by atoms with Crippen LogP contribution in [0, 0.1) is 10.1 Å². The van der Waals surface area contributed by atoms with Crippen molar-refractivity contribution in [3.05, 3.63) is 46.0 Å². The standard InChI is InChI=1S/C9H6ClN5O2/c10-8-11-5-12-9(14-8)13-6-2-1-3-7(4-6)15(16)17/h1-5H,(H,11,12,13,14). The van der Waals surface area contributed by atoms with Crippen molar-refractivity contribution in [2.24, 2.45) is 0 Å². The first kappa shape index (κ1) is 11.2. The van der Waals surface area contributed by atoms with Crippen molar-refractivity contribution in [2.45, 2.75) is 0 Å². The molecule has 0 radical (unpaired) electrons. The quantitative estimate of drug-likeness (QED) is 0.664. The minimum absolute atomic E-state index is 0.0184. The van der Waals surface area contributed by atoms with Crippen LogP contribution >= 0.6 is 11.6 Å². The highest BCUT2D eigenvalue weighted by Gasteiger charge is 2.06. The summed E-state index contributed by atoms with van der Waals surface area (Å²) in [5.41, 5.74) is 0.483. The van der Waals surface area contributed by atoms with Gasteiger partial charge in [0.05, 0.1) is 4.92 Å². The molecule has 0 fully saturated rings. The van der Waals surface area contributed by atoms with E-state index in [1.165, 1.54) is 18.5 Å². The second kappa shape index (κ2) is 4.71. The van der Waals surface area contributed by atoms with Gasteiger partial charge in [0.2, 0.25) is 11.2 Å². The molecule has 0 spiro atoms. The van der Waals surface area contributed by atoms with E-state index in [0.29, 0.717) is 5.69 Å². The van der Waals surface area contributed by atoms with Crippen LogP contribution in [0.2, 0.25) is 5.28 Å². The van der Waals surface area contributed by atoms with Crippen molar-refractivity contribution in [2.75, 3.05) is 5.32 Å². The summed E-state index contributed by atoms with van der Waals surface area (Å²) in [6.07, 6.45) is 1.25. The summed E-state index contributed by atoms with van der Waals surface area (Å²) in [5.74, 6) is 0.227. The number of halogens is 1. The molecule has 17 heavy (non-hydrogen) atoms. The topological polar surface area (TPSA) is 93.8 Å². The molecule has 0 bridgehead atoms. The lowest BCUT2D eigenvalue weighted by atomic mass is 10.3. The molecular formula is C9H6ClN5O2. The van der Waals surface area contributed by atoms with Crippen LogP contribution in [-0.4, -0.2) is 19.9 Å². The highest BCUT2D eigenvalue weighted by molar-refractivity contribution is 6.28. The molecule has 2 aromatic rings. The maximum Gasteiger partial charge on any atom is 0.271 e. The number of nitrogens with zero attached hydrogens (tertiary/aromatic N) is 4. The summed E-state index contributed by atoms with van der Waals surface area (Å²) < 4.78 is 0. The first-order valence-corrected chi connectivity index (χ1v) is 4.89. The van der Waals surface area contributed by atoms with Crippen LogP contribution in [0.3, 0.4) is 0 Å². The fraction of sp³-hybridized carbons (Fsp3) is 0. The monoisotopic (exact) mass is 251 g/mol. The van der Waals surface area contributed by atoms with Gasteiger partial charge in [-0.3, -0.25) is 10.1 Å². The molecular weight excluding hydrogens is 246 g/mol. The zero-order valence-electron chi connectivity index (χ0n) is 8.37. The predicted octanol–water partition coefficient (Wildman–Crippen LogP) is 2.18. The number of rotatable bonds is 3. The van der Waals surface area contributed by atoms with Crippen LogP contribution in [0.25, 0.3) is 0 Å². The number of benzene rings is 1. The van der Waals surface area contributed by atoms with Gasteiger partial charge in [0.15, 0.2) is 0 Å². The summed E-state index contributed by atoms with van der Waals surface area (Å²) in [4.78, 5) is 21.3. The van der Waals surface area contributed by atoms with E-state index in [9.17, 15) is 10.1 Å². The number of nitro groups is 1. The molecule has 0 saturated carbocycles. The van der Waals surface area contributed by atoms with Gasteiger partial charge in [-0.25, -0.2) is 9.97 Å². The maximum absolute atomic E-state index is 10.6. The summed E-state index contributed by atoms with van der Waals surface area (Å²) in [7, 11) is 0. The van der Waals surface area contributed by atoms with Gasteiger partial charge in [-0.05, 0) is 17.7 Å². The molecule has 0 atom stereocenters. The van der Waals surface area contributed by atoms with Gasteiger partial charge in [0.1, 0.15) is 6.33 Å². The van der Waals surface area contributed by atoms with E-state index in [0.717, 1.165) is 0 Å². The molecule has 0 saturated heterocycles. The Morgan fingerprint density at radius 3 is 2.88 bits per heavy atom. The van der Waals surface area contributed by atoms with E-state index in [2.05, 4.69) is 20.3 Å². The van der Waals surface area contributed by atoms with Crippen LogP contribution in [0.15, 0.2) is 30.6 Å². The van der Waals surface area contributed by atoms with Crippen molar-refractivity contribution < 1.29 is 4.92 Å². The summed E-state index contributed by atoms with van der Waals surface area (Å²) in [5, 5.41) is 13.4. The lowest BCUT2D eigenvalue weighted by Gasteiger charge is -2.03. The van der Waals surface area contributed by atoms with Crippen LogP contribution < -0.4 is 5.32 Å². The molecule has 1 N–H and O–H groups in total. The molecule has 0 aliphatic heterocycles. The smallest absolute Gasteiger partial charge is 0.271 e. The zero-order valence-corrected chi connectivity index (χ0v) is 9.13. The number of nitrogens with one attached hydrogen (secondary N) is 1. The van der Waals surface area contributed by atoms with E-state index in [1.807, 2.05) is 0 Å². The average Bonchev–Trinajstić information content (AvgIpc) is 2.29. The van der Waals surface area contributed by atoms with Crippen LogP contribution in [0.5, 0.6) is 0 Å². The number of hydrogen-bond acceptors (Lipinski definition) is 6. The van der Waals surface area contributed by atoms with Crippen LogP contribution in [0.4, 0.5) is 17.3 Å². The highest BCUT2D eigenvalue weighted by Crippen LogP contribution is 2.19. The molecule has 7 nitrogen and oxygen atoms in total. The molecule has 1 aromatic carbocycles. The average molecular weight is 252 g/mol. The fourth-order valence-corrected chi connectivity index (χ4v) is 1.29. The molecule has 0 amide bonds. The fourth-order valence-electron chi connectivity index (χ4n) is 1.16. The Hall–Kier alpha value is -2.28. The van der Waals surface area contributed by atoms with Crippen molar-refractivity contribution in [1.82, 2.24) is 15.0 Å². The minimum atomic E-state index is -0.481. The van der Waals surface area contributed by atoms with Gasteiger partial charge < -0.3 is 5.32 Å². The number of aromatic nitrogens is 3. The molecule has 1 heterocycles. The number of non-ortho nitro benzene ring substituents is 1. The molecule has 1 aromatic heterocycles. The zero-order chi connectivity index (χ0) is 12.3. The van der Waals surface area contributed by atoms with Crippen LogP contribution in [-0.2, 0) is 0 Å². The SMILES string of the molecule is O=[N+]([O-])c1cccc(Nc2ncnc(Cl)n2)c1. The van der Waals surface area contributed by atoms with Crippen molar-refractivity contribution >= 4 is 28.9 Å². The predicted molar refractivity (Wildman–Crippen MR) is 61.2 cm³/mol. The Morgan fingerprint density at radius 2 is 2.18 bits per heavy atom. The number of hydrogen-bond donors (Lipinski definition) is 1. The van der Waals surface area contributed by atoms with E-state index in [4.69, 9.17) is 11.6 Å². The number of nitro benzene ring substituents is 1.